The van der Waals surface area contributed by atoms with Crippen molar-refractivity contribution in [2.24, 2.45) is 0 Å². The highest BCUT2D eigenvalue weighted by Crippen LogP contribution is 2.23. The van der Waals surface area contributed by atoms with Crippen molar-refractivity contribution < 1.29 is 9.15 Å². The van der Waals surface area contributed by atoms with Crippen LogP contribution in [0.2, 0.25) is 19.6 Å². The van der Waals surface area contributed by atoms with E-state index in [0.29, 0.717) is 17.7 Å². The zero-order valence-electron chi connectivity index (χ0n) is 13.3. The number of rotatable bonds is 6. The van der Waals surface area contributed by atoms with Crippen molar-refractivity contribution in [3.63, 3.8) is 0 Å². The molecule has 21 heavy (non-hydrogen) atoms. The van der Waals surface area contributed by atoms with Gasteiger partial charge in [0.05, 0.1) is 8.07 Å². The SMILES string of the molecule is Cc1ccc(C)c(OCc2nnc(SC[Si](C)(C)C)o2)c1. The van der Waals surface area contributed by atoms with Gasteiger partial charge in [0, 0.05) is 0 Å². The van der Waals surface area contributed by atoms with Gasteiger partial charge in [0.25, 0.3) is 11.1 Å². The van der Waals surface area contributed by atoms with Crippen LogP contribution in [0.1, 0.15) is 17.0 Å². The Bertz CT molecular complexity index is 608. The molecule has 0 spiro atoms. The summed E-state index contributed by atoms with van der Waals surface area (Å²) in [4.78, 5) is 0. The van der Waals surface area contributed by atoms with E-state index in [2.05, 4.69) is 35.9 Å². The molecule has 0 saturated carbocycles. The molecule has 0 aliphatic rings. The first-order valence-electron chi connectivity index (χ1n) is 6.99. The summed E-state index contributed by atoms with van der Waals surface area (Å²) in [5, 5.41) is 9.81. The van der Waals surface area contributed by atoms with E-state index >= 15 is 0 Å². The molecular formula is C15H22N2O2SSi. The minimum absolute atomic E-state index is 0.310. The van der Waals surface area contributed by atoms with Crippen LogP contribution >= 0.6 is 11.8 Å². The van der Waals surface area contributed by atoms with Crippen LogP contribution in [0.5, 0.6) is 5.75 Å². The molecule has 6 heteroatoms. The Balaban J connectivity index is 1.92. The molecule has 0 unspecified atom stereocenters. The number of aromatic nitrogens is 2. The van der Waals surface area contributed by atoms with E-state index in [1.165, 1.54) is 5.56 Å². The number of benzene rings is 1. The predicted molar refractivity (Wildman–Crippen MR) is 88.6 cm³/mol. The summed E-state index contributed by atoms with van der Waals surface area (Å²) in [7, 11) is -1.11. The van der Waals surface area contributed by atoms with Crippen LogP contribution in [0, 0.1) is 13.8 Å². The third kappa shape index (κ3) is 5.21. The van der Waals surface area contributed by atoms with Crippen LogP contribution in [0.25, 0.3) is 0 Å². The molecule has 1 aromatic heterocycles. The lowest BCUT2D eigenvalue weighted by Crippen LogP contribution is -2.23. The van der Waals surface area contributed by atoms with E-state index in [4.69, 9.17) is 9.15 Å². The standard InChI is InChI=1S/C15H22N2O2SSi/c1-11-6-7-12(2)13(8-11)18-9-14-16-17-15(19-14)20-10-21(3,4)5/h6-8H,9-10H2,1-5H3. The van der Waals surface area contributed by atoms with Gasteiger partial charge in [-0.1, -0.05) is 43.5 Å². The third-order valence-electron chi connectivity index (χ3n) is 2.77. The maximum atomic E-state index is 5.77. The van der Waals surface area contributed by atoms with Gasteiger partial charge in [0.1, 0.15) is 5.75 Å². The number of nitrogens with zero attached hydrogens (tertiary/aromatic N) is 2. The minimum atomic E-state index is -1.11. The molecule has 1 heterocycles. The Hall–Kier alpha value is -1.27. The van der Waals surface area contributed by atoms with Gasteiger partial charge in [-0.05, 0) is 36.4 Å². The topological polar surface area (TPSA) is 48.2 Å². The van der Waals surface area contributed by atoms with Gasteiger partial charge in [-0.25, -0.2) is 0 Å². The van der Waals surface area contributed by atoms with Gasteiger partial charge in [-0.15, -0.1) is 10.2 Å². The molecular weight excluding hydrogens is 300 g/mol. The first kappa shape index (κ1) is 16.1. The molecule has 1 aromatic carbocycles. The maximum Gasteiger partial charge on any atom is 0.276 e. The number of hydrogen-bond donors (Lipinski definition) is 0. The Kier molecular flexibility index (Phi) is 5.11. The number of hydrogen-bond acceptors (Lipinski definition) is 5. The molecule has 2 rings (SSSR count). The fourth-order valence-electron chi connectivity index (χ4n) is 1.64. The van der Waals surface area contributed by atoms with Crippen molar-refractivity contribution in [1.82, 2.24) is 10.2 Å². The second kappa shape index (κ2) is 6.66. The molecule has 0 aliphatic carbocycles. The number of aryl methyl sites for hydroxylation is 2. The van der Waals surface area contributed by atoms with Gasteiger partial charge >= 0.3 is 0 Å². The highest BCUT2D eigenvalue weighted by atomic mass is 32.2. The third-order valence-corrected chi connectivity index (χ3v) is 7.23. The van der Waals surface area contributed by atoms with Crippen molar-refractivity contribution in [3.8, 4) is 5.75 Å². The molecule has 0 N–H and O–H groups in total. The average Bonchev–Trinajstić information content (AvgIpc) is 2.85. The van der Waals surface area contributed by atoms with Gasteiger partial charge < -0.3 is 9.15 Å². The van der Waals surface area contributed by atoms with Gasteiger partial charge in [0.15, 0.2) is 6.61 Å². The first-order valence-corrected chi connectivity index (χ1v) is 11.7. The summed E-state index contributed by atoms with van der Waals surface area (Å²) >= 11 is 1.64. The lowest BCUT2D eigenvalue weighted by atomic mass is 10.1. The van der Waals surface area contributed by atoms with E-state index in [-0.39, 0.29) is 0 Å². The maximum absolute atomic E-state index is 5.77. The van der Waals surface area contributed by atoms with Gasteiger partial charge in [0.2, 0.25) is 0 Å². The summed E-state index contributed by atoms with van der Waals surface area (Å²) in [5.41, 5.74) is 2.28. The second-order valence-corrected chi connectivity index (χ2v) is 13.3. The minimum Gasteiger partial charge on any atom is -0.484 e. The second-order valence-electron chi connectivity index (χ2n) is 6.37. The van der Waals surface area contributed by atoms with Crippen molar-refractivity contribution in [2.45, 2.75) is 45.3 Å². The molecule has 0 aliphatic heterocycles. The molecule has 0 fully saturated rings. The van der Waals surface area contributed by atoms with Crippen LogP contribution < -0.4 is 4.74 Å². The Morgan fingerprint density at radius 2 is 1.95 bits per heavy atom. The zero-order valence-corrected chi connectivity index (χ0v) is 15.1. The molecule has 114 valence electrons. The van der Waals surface area contributed by atoms with Crippen molar-refractivity contribution >= 4 is 19.8 Å². The summed E-state index contributed by atoms with van der Waals surface area (Å²) in [6.45, 7) is 11.3. The van der Waals surface area contributed by atoms with E-state index in [0.717, 1.165) is 16.7 Å². The molecule has 0 atom stereocenters. The van der Waals surface area contributed by atoms with Crippen molar-refractivity contribution in [1.29, 1.82) is 0 Å². The number of thioether (sulfide) groups is 1. The molecule has 0 bridgehead atoms. The smallest absolute Gasteiger partial charge is 0.276 e. The quantitative estimate of drug-likeness (QED) is 0.588. The zero-order chi connectivity index (χ0) is 15.5. The summed E-state index contributed by atoms with van der Waals surface area (Å²) in [5.74, 6) is 1.39. The van der Waals surface area contributed by atoms with E-state index in [9.17, 15) is 0 Å². The van der Waals surface area contributed by atoms with Crippen LogP contribution in [0.3, 0.4) is 0 Å². The molecule has 0 saturated heterocycles. The first-order chi connectivity index (χ1) is 9.83. The highest BCUT2D eigenvalue weighted by molar-refractivity contribution is 8.00. The molecule has 0 radical (unpaired) electrons. The largest absolute Gasteiger partial charge is 0.484 e. The normalized spacial score (nSPS) is 11.7. The average molecular weight is 323 g/mol. The molecule has 4 nitrogen and oxygen atoms in total. The Labute approximate surface area is 131 Å². The van der Waals surface area contributed by atoms with E-state index in [1.54, 1.807) is 11.8 Å². The van der Waals surface area contributed by atoms with Crippen molar-refractivity contribution in [3.05, 3.63) is 35.2 Å². The number of ether oxygens (including phenoxy) is 1. The summed E-state index contributed by atoms with van der Waals surface area (Å²) in [6.07, 6.45) is 0. The van der Waals surface area contributed by atoms with Crippen LogP contribution in [-0.4, -0.2) is 23.6 Å². The fourth-order valence-corrected chi connectivity index (χ4v) is 4.12. The fraction of sp³-hybridized carbons (Fsp3) is 0.467. The van der Waals surface area contributed by atoms with Gasteiger partial charge in [-0.3, -0.25) is 0 Å². The van der Waals surface area contributed by atoms with Crippen LogP contribution in [0.15, 0.2) is 27.8 Å². The lowest BCUT2D eigenvalue weighted by molar-refractivity contribution is 0.250. The van der Waals surface area contributed by atoms with E-state index in [1.807, 2.05) is 26.0 Å². The monoisotopic (exact) mass is 322 g/mol. The molecule has 2 aromatic rings. The summed E-state index contributed by atoms with van der Waals surface area (Å²) in [6, 6.07) is 6.14. The Morgan fingerprint density at radius 3 is 2.67 bits per heavy atom. The Morgan fingerprint density at radius 1 is 1.19 bits per heavy atom. The van der Waals surface area contributed by atoms with Gasteiger partial charge in [-0.2, -0.15) is 0 Å². The van der Waals surface area contributed by atoms with E-state index < -0.39 is 8.07 Å². The summed E-state index contributed by atoms with van der Waals surface area (Å²) < 4.78 is 11.4. The molecule has 0 amide bonds. The predicted octanol–water partition coefficient (Wildman–Crippen LogP) is 4.23. The van der Waals surface area contributed by atoms with Crippen molar-refractivity contribution in [2.75, 3.05) is 5.38 Å². The highest BCUT2D eigenvalue weighted by Gasteiger charge is 2.16. The van der Waals surface area contributed by atoms with Crippen LogP contribution in [0.4, 0.5) is 0 Å². The van der Waals surface area contributed by atoms with Crippen LogP contribution in [-0.2, 0) is 6.61 Å². The lowest BCUT2D eigenvalue weighted by Gasteiger charge is -2.12.